The fourth-order valence-electron chi connectivity index (χ4n) is 5.35. The number of carbonyl (C=O) groups excluding carboxylic acids is 1. The highest BCUT2D eigenvalue weighted by Gasteiger charge is 2.40. The van der Waals surface area contributed by atoms with E-state index in [0.717, 1.165) is 24.6 Å². The van der Waals surface area contributed by atoms with Crippen LogP contribution < -0.4 is 10.1 Å². The molecule has 2 fully saturated rings. The summed E-state index contributed by atoms with van der Waals surface area (Å²) < 4.78 is 45.7. The zero-order valence-corrected chi connectivity index (χ0v) is 19.9. The van der Waals surface area contributed by atoms with Crippen molar-refractivity contribution in [3.63, 3.8) is 0 Å². The molecule has 2 bridgehead atoms. The molecule has 1 aromatic heterocycles. The number of rotatable bonds is 4. The van der Waals surface area contributed by atoms with Crippen molar-refractivity contribution in [1.29, 1.82) is 0 Å². The molecule has 6 nitrogen and oxygen atoms in total. The van der Waals surface area contributed by atoms with Gasteiger partial charge in [-0.05, 0) is 53.9 Å². The Hall–Kier alpha value is -3.98. The molecule has 188 valence electrons. The van der Waals surface area contributed by atoms with E-state index in [9.17, 15) is 18.0 Å². The topological polar surface area (TPSA) is 67.4 Å². The number of methoxy groups -OCH3 is 1. The SMILES string of the molecule is COc1ccc(-c2ccc3ncnc(-c4cccc(C(=O)N5CC6CC5CN6)c4)c3c2)cc1C(F)(F)F. The Morgan fingerprint density at radius 1 is 1.03 bits per heavy atom. The van der Waals surface area contributed by atoms with E-state index in [4.69, 9.17) is 4.74 Å². The molecule has 2 saturated heterocycles. The molecule has 0 spiro atoms. The molecule has 2 unspecified atom stereocenters. The summed E-state index contributed by atoms with van der Waals surface area (Å²) >= 11 is 0. The summed E-state index contributed by atoms with van der Waals surface area (Å²) in [6.45, 7) is 1.52. The molecule has 3 heterocycles. The van der Waals surface area contributed by atoms with Crippen LogP contribution in [-0.4, -0.2) is 53.1 Å². The molecule has 2 atom stereocenters. The lowest BCUT2D eigenvalue weighted by Crippen LogP contribution is -2.46. The van der Waals surface area contributed by atoms with Crippen LogP contribution >= 0.6 is 0 Å². The Labute approximate surface area is 211 Å². The van der Waals surface area contributed by atoms with Gasteiger partial charge in [-0.3, -0.25) is 4.79 Å². The predicted octanol–water partition coefficient (Wildman–Crippen LogP) is 5.18. The number of fused-ring (bicyclic) bond motifs is 3. The fraction of sp³-hybridized carbons (Fsp3) is 0.250. The number of halogens is 3. The molecule has 0 aliphatic carbocycles. The van der Waals surface area contributed by atoms with Crippen molar-refractivity contribution in [2.24, 2.45) is 0 Å². The highest BCUT2D eigenvalue weighted by atomic mass is 19.4. The lowest BCUT2D eigenvalue weighted by Gasteiger charge is -2.27. The quantitative estimate of drug-likeness (QED) is 0.415. The maximum absolute atomic E-state index is 13.6. The summed E-state index contributed by atoms with van der Waals surface area (Å²) in [5, 5.41) is 4.09. The molecule has 1 N–H and O–H groups in total. The van der Waals surface area contributed by atoms with Crippen molar-refractivity contribution in [3.05, 3.63) is 78.1 Å². The first-order valence-corrected chi connectivity index (χ1v) is 12.0. The minimum atomic E-state index is -4.55. The van der Waals surface area contributed by atoms with Gasteiger partial charge in [0.2, 0.25) is 0 Å². The second kappa shape index (κ2) is 8.85. The number of benzene rings is 3. The number of alkyl halides is 3. The van der Waals surface area contributed by atoms with Crippen LogP contribution in [0.1, 0.15) is 22.3 Å². The summed E-state index contributed by atoms with van der Waals surface area (Å²) in [7, 11) is 1.22. The van der Waals surface area contributed by atoms with Crippen molar-refractivity contribution < 1.29 is 22.7 Å². The molecule has 2 aliphatic heterocycles. The zero-order valence-electron chi connectivity index (χ0n) is 19.9. The largest absolute Gasteiger partial charge is 0.496 e. The third kappa shape index (κ3) is 4.19. The van der Waals surface area contributed by atoms with Gasteiger partial charge in [-0.2, -0.15) is 13.2 Å². The van der Waals surface area contributed by atoms with Gasteiger partial charge in [-0.25, -0.2) is 9.97 Å². The Morgan fingerprint density at radius 2 is 1.84 bits per heavy atom. The molecule has 3 aromatic carbocycles. The molecule has 4 aromatic rings. The van der Waals surface area contributed by atoms with Crippen LogP contribution in [0.4, 0.5) is 13.2 Å². The number of hydrogen-bond donors (Lipinski definition) is 1. The minimum Gasteiger partial charge on any atom is -0.496 e. The van der Waals surface area contributed by atoms with Gasteiger partial charge >= 0.3 is 6.18 Å². The second-order valence-electron chi connectivity index (χ2n) is 9.40. The molecule has 9 heteroatoms. The normalized spacial score (nSPS) is 19.0. The third-order valence-electron chi connectivity index (χ3n) is 7.17. The van der Waals surface area contributed by atoms with E-state index in [0.29, 0.717) is 45.9 Å². The first-order chi connectivity index (χ1) is 17.8. The molecule has 2 aliphatic rings. The van der Waals surface area contributed by atoms with E-state index in [1.54, 1.807) is 30.3 Å². The molecule has 37 heavy (non-hydrogen) atoms. The molecular weight excluding hydrogens is 481 g/mol. The number of piperazine rings is 1. The van der Waals surface area contributed by atoms with Gasteiger partial charge in [-0.1, -0.05) is 24.3 Å². The minimum absolute atomic E-state index is 0.00665. The van der Waals surface area contributed by atoms with E-state index < -0.39 is 11.7 Å². The van der Waals surface area contributed by atoms with Crippen LogP contribution in [0.3, 0.4) is 0 Å². The van der Waals surface area contributed by atoms with Gasteiger partial charge in [0.05, 0.1) is 23.9 Å². The highest BCUT2D eigenvalue weighted by Crippen LogP contribution is 2.39. The monoisotopic (exact) mass is 504 g/mol. The lowest BCUT2D eigenvalue weighted by atomic mass is 9.98. The van der Waals surface area contributed by atoms with Crippen LogP contribution in [-0.2, 0) is 6.18 Å². The number of likely N-dealkylation sites (tertiary alicyclic amines) is 1. The van der Waals surface area contributed by atoms with Gasteiger partial charge in [0, 0.05) is 41.7 Å². The van der Waals surface area contributed by atoms with Crippen molar-refractivity contribution in [1.82, 2.24) is 20.2 Å². The summed E-state index contributed by atoms with van der Waals surface area (Å²) in [6.07, 6.45) is -2.12. The van der Waals surface area contributed by atoms with Gasteiger partial charge < -0.3 is 15.0 Å². The second-order valence-corrected chi connectivity index (χ2v) is 9.40. The molecule has 6 rings (SSSR count). The lowest BCUT2D eigenvalue weighted by molar-refractivity contribution is -0.138. The molecular formula is C28H23F3N4O2. The molecule has 1 amide bonds. The van der Waals surface area contributed by atoms with E-state index in [-0.39, 0.29) is 17.7 Å². The Kier molecular flexibility index (Phi) is 5.60. The van der Waals surface area contributed by atoms with Gasteiger partial charge in [0.25, 0.3) is 5.91 Å². The Balaban J connectivity index is 1.40. The number of hydrogen-bond acceptors (Lipinski definition) is 5. The summed E-state index contributed by atoms with van der Waals surface area (Å²) in [4.78, 5) is 24.0. The van der Waals surface area contributed by atoms with E-state index in [2.05, 4.69) is 15.3 Å². The van der Waals surface area contributed by atoms with Crippen molar-refractivity contribution in [2.45, 2.75) is 24.7 Å². The van der Waals surface area contributed by atoms with Crippen LogP contribution in [0, 0.1) is 0 Å². The standard InChI is InChI=1S/C28H23F3N4O2/c1-37-25-8-6-17(11-23(25)28(29,30)31)16-5-7-24-22(10-16)26(34-15-33-24)18-3-2-4-19(9-18)27(36)35-14-20-12-21(35)13-32-20/h2-11,15,20-21,32H,12-14H2,1H3. The van der Waals surface area contributed by atoms with Gasteiger partial charge in [-0.15, -0.1) is 0 Å². The zero-order chi connectivity index (χ0) is 25.7. The maximum atomic E-state index is 13.6. The summed E-state index contributed by atoms with van der Waals surface area (Å²) in [5.74, 6) is -0.239. The number of nitrogens with one attached hydrogen (secondary N) is 1. The average molecular weight is 505 g/mol. The summed E-state index contributed by atoms with van der Waals surface area (Å²) in [6, 6.07) is 17.2. The third-order valence-corrected chi connectivity index (χ3v) is 7.17. The van der Waals surface area contributed by atoms with Crippen molar-refractivity contribution >= 4 is 16.8 Å². The number of carbonyl (C=O) groups is 1. The smallest absolute Gasteiger partial charge is 0.419 e. The first kappa shape index (κ1) is 23.4. The summed E-state index contributed by atoms with van der Waals surface area (Å²) in [5.41, 5.74) is 2.72. The average Bonchev–Trinajstić information content (AvgIpc) is 3.55. The number of aromatic nitrogens is 2. The van der Waals surface area contributed by atoms with Gasteiger partial charge in [0.1, 0.15) is 12.1 Å². The van der Waals surface area contributed by atoms with Crippen molar-refractivity contribution in [3.8, 4) is 28.1 Å². The van der Waals surface area contributed by atoms with Gasteiger partial charge in [0.15, 0.2) is 0 Å². The van der Waals surface area contributed by atoms with Crippen LogP contribution in [0.15, 0.2) is 67.0 Å². The predicted molar refractivity (Wildman–Crippen MR) is 133 cm³/mol. The highest BCUT2D eigenvalue weighted by molar-refractivity contribution is 5.99. The van der Waals surface area contributed by atoms with Crippen LogP contribution in [0.2, 0.25) is 0 Å². The van der Waals surface area contributed by atoms with E-state index in [1.165, 1.54) is 19.5 Å². The fourth-order valence-corrected chi connectivity index (χ4v) is 5.35. The van der Waals surface area contributed by atoms with Crippen molar-refractivity contribution in [2.75, 3.05) is 20.2 Å². The number of amides is 1. The molecule has 0 radical (unpaired) electrons. The Morgan fingerprint density at radius 3 is 2.57 bits per heavy atom. The number of nitrogens with zero attached hydrogens (tertiary/aromatic N) is 3. The molecule has 0 saturated carbocycles. The van der Waals surface area contributed by atoms with E-state index in [1.807, 2.05) is 23.1 Å². The first-order valence-electron chi connectivity index (χ1n) is 12.0. The Bertz CT molecular complexity index is 1520. The van der Waals surface area contributed by atoms with E-state index >= 15 is 0 Å². The van der Waals surface area contributed by atoms with Crippen LogP contribution in [0.5, 0.6) is 5.75 Å². The number of ether oxygens (including phenoxy) is 1. The van der Waals surface area contributed by atoms with Crippen LogP contribution in [0.25, 0.3) is 33.3 Å². The maximum Gasteiger partial charge on any atom is 0.419 e.